The number of aryl methyl sites for hydroxylation is 1. The van der Waals surface area contributed by atoms with Gasteiger partial charge >= 0.3 is 6.18 Å². The molecular formula is C19H14Cl2F3N3O. The summed E-state index contributed by atoms with van der Waals surface area (Å²) in [4.78, 5) is 12.3. The molecule has 146 valence electrons. The third-order valence-electron chi connectivity index (χ3n) is 4.04. The molecule has 0 aliphatic heterocycles. The average molecular weight is 428 g/mol. The lowest BCUT2D eigenvalue weighted by atomic mass is 10.1. The molecule has 0 radical (unpaired) electrons. The number of nitrogens with zero attached hydrogens (tertiary/aromatic N) is 2. The number of benzene rings is 2. The van der Waals surface area contributed by atoms with Gasteiger partial charge in [-0.25, -0.2) is 0 Å². The maximum Gasteiger partial charge on any atom is 0.416 e. The van der Waals surface area contributed by atoms with Gasteiger partial charge in [0, 0.05) is 32.9 Å². The fourth-order valence-electron chi connectivity index (χ4n) is 2.59. The Balaban J connectivity index is 1.79. The zero-order valence-electron chi connectivity index (χ0n) is 14.5. The van der Waals surface area contributed by atoms with E-state index in [-0.39, 0.29) is 17.9 Å². The molecule has 0 atom stereocenters. The Labute approximate surface area is 168 Å². The second-order valence-electron chi connectivity index (χ2n) is 6.06. The van der Waals surface area contributed by atoms with Crippen molar-refractivity contribution in [2.24, 2.45) is 0 Å². The monoisotopic (exact) mass is 427 g/mol. The van der Waals surface area contributed by atoms with Gasteiger partial charge in [0.15, 0.2) is 5.82 Å². The maximum atomic E-state index is 12.8. The molecule has 1 aromatic heterocycles. The molecule has 0 aliphatic carbocycles. The second kappa shape index (κ2) is 7.85. The molecule has 0 unspecified atom stereocenters. The standard InChI is InChI=1S/C19H14Cl2F3N3O/c1-11-8-17(26-27(11)10-14-15(20)6-3-7-16(14)21)25-18(28)12-4-2-5-13(9-12)19(22,23)24/h2-9H,10H2,1H3,(H,25,26,28). The third kappa shape index (κ3) is 4.48. The molecule has 0 spiro atoms. The summed E-state index contributed by atoms with van der Waals surface area (Å²) >= 11 is 12.3. The van der Waals surface area contributed by atoms with Crippen molar-refractivity contribution in [3.63, 3.8) is 0 Å². The molecule has 3 aromatic rings. The van der Waals surface area contributed by atoms with Crippen molar-refractivity contribution in [2.45, 2.75) is 19.6 Å². The molecule has 2 aromatic carbocycles. The van der Waals surface area contributed by atoms with Crippen molar-refractivity contribution in [3.8, 4) is 0 Å². The molecule has 0 saturated carbocycles. The number of aromatic nitrogens is 2. The van der Waals surface area contributed by atoms with Gasteiger partial charge in [-0.3, -0.25) is 9.48 Å². The van der Waals surface area contributed by atoms with E-state index in [2.05, 4.69) is 10.4 Å². The Morgan fingerprint density at radius 2 is 1.75 bits per heavy atom. The van der Waals surface area contributed by atoms with E-state index in [1.54, 1.807) is 35.9 Å². The molecule has 0 fully saturated rings. The minimum Gasteiger partial charge on any atom is -0.305 e. The average Bonchev–Trinajstić information content (AvgIpc) is 2.96. The van der Waals surface area contributed by atoms with Gasteiger partial charge in [-0.15, -0.1) is 0 Å². The summed E-state index contributed by atoms with van der Waals surface area (Å²) in [5, 5.41) is 7.74. The summed E-state index contributed by atoms with van der Waals surface area (Å²) in [7, 11) is 0. The number of carbonyl (C=O) groups excluding carboxylic acids is 1. The van der Waals surface area contributed by atoms with E-state index in [4.69, 9.17) is 23.2 Å². The van der Waals surface area contributed by atoms with Crippen molar-refractivity contribution >= 4 is 34.9 Å². The predicted molar refractivity (Wildman–Crippen MR) is 102 cm³/mol. The van der Waals surface area contributed by atoms with Crippen molar-refractivity contribution in [1.29, 1.82) is 0 Å². The van der Waals surface area contributed by atoms with E-state index < -0.39 is 17.6 Å². The number of hydrogen-bond donors (Lipinski definition) is 1. The predicted octanol–water partition coefficient (Wildman–Crippen LogP) is 5.82. The SMILES string of the molecule is Cc1cc(NC(=O)c2cccc(C(F)(F)F)c2)nn1Cc1c(Cl)cccc1Cl. The summed E-state index contributed by atoms with van der Waals surface area (Å²) in [6.45, 7) is 2.06. The smallest absolute Gasteiger partial charge is 0.305 e. The highest BCUT2D eigenvalue weighted by Crippen LogP contribution is 2.30. The number of nitrogens with one attached hydrogen (secondary N) is 1. The van der Waals surface area contributed by atoms with E-state index in [9.17, 15) is 18.0 Å². The van der Waals surface area contributed by atoms with Crippen LogP contribution in [0, 0.1) is 6.92 Å². The largest absolute Gasteiger partial charge is 0.416 e. The Morgan fingerprint density at radius 1 is 1.11 bits per heavy atom. The number of alkyl halides is 3. The number of amides is 1. The van der Waals surface area contributed by atoms with E-state index in [1.165, 1.54) is 12.1 Å². The van der Waals surface area contributed by atoms with E-state index in [1.807, 2.05) is 0 Å². The van der Waals surface area contributed by atoms with E-state index in [0.29, 0.717) is 15.6 Å². The summed E-state index contributed by atoms with van der Waals surface area (Å²) < 4.78 is 40.0. The van der Waals surface area contributed by atoms with Crippen LogP contribution >= 0.6 is 23.2 Å². The topological polar surface area (TPSA) is 46.9 Å². The lowest BCUT2D eigenvalue weighted by Gasteiger charge is -2.09. The quantitative estimate of drug-likeness (QED) is 0.570. The molecule has 9 heteroatoms. The van der Waals surface area contributed by atoms with Gasteiger partial charge in [-0.2, -0.15) is 18.3 Å². The Bertz CT molecular complexity index is 1010. The van der Waals surface area contributed by atoms with Crippen molar-refractivity contribution < 1.29 is 18.0 Å². The third-order valence-corrected chi connectivity index (χ3v) is 4.75. The molecule has 1 heterocycles. The molecule has 0 bridgehead atoms. The molecule has 28 heavy (non-hydrogen) atoms. The van der Waals surface area contributed by atoms with Crippen LogP contribution in [0.1, 0.15) is 27.2 Å². The van der Waals surface area contributed by atoms with Gasteiger partial charge in [0.2, 0.25) is 0 Å². The van der Waals surface area contributed by atoms with Crippen LogP contribution in [0.2, 0.25) is 10.0 Å². The van der Waals surface area contributed by atoms with Crippen LogP contribution in [0.4, 0.5) is 19.0 Å². The highest BCUT2D eigenvalue weighted by molar-refractivity contribution is 6.35. The Hall–Kier alpha value is -2.51. The molecule has 0 aliphatic rings. The number of anilines is 1. The lowest BCUT2D eigenvalue weighted by Crippen LogP contribution is -2.14. The van der Waals surface area contributed by atoms with Gasteiger partial charge in [0.1, 0.15) is 0 Å². The lowest BCUT2D eigenvalue weighted by molar-refractivity contribution is -0.137. The first-order chi connectivity index (χ1) is 13.1. The first-order valence-corrected chi connectivity index (χ1v) is 8.86. The van der Waals surface area contributed by atoms with Crippen LogP contribution in [0.25, 0.3) is 0 Å². The highest BCUT2D eigenvalue weighted by atomic mass is 35.5. The molecule has 1 N–H and O–H groups in total. The first kappa shape index (κ1) is 20.2. The van der Waals surface area contributed by atoms with Crippen molar-refractivity contribution in [1.82, 2.24) is 9.78 Å². The minimum absolute atomic E-state index is 0.115. The number of carbonyl (C=O) groups is 1. The number of rotatable bonds is 4. The zero-order valence-corrected chi connectivity index (χ0v) is 16.0. The first-order valence-electron chi connectivity index (χ1n) is 8.11. The molecule has 0 saturated heterocycles. The molecule has 1 amide bonds. The van der Waals surface area contributed by atoms with Gasteiger partial charge in [-0.1, -0.05) is 35.3 Å². The van der Waals surface area contributed by atoms with Crippen molar-refractivity contribution in [2.75, 3.05) is 5.32 Å². The van der Waals surface area contributed by atoms with Crippen LogP contribution in [-0.2, 0) is 12.7 Å². The normalized spacial score (nSPS) is 11.5. The van der Waals surface area contributed by atoms with Crippen LogP contribution < -0.4 is 5.32 Å². The fourth-order valence-corrected chi connectivity index (χ4v) is 3.11. The Kier molecular flexibility index (Phi) is 5.67. The van der Waals surface area contributed by atoms with Crippen LogP contribution in [-0.4, -0.2) is 15.7 Å². The summed E-state index contributed by atoms with van der Waals surface area (Å²) in [5.41, 5.74) is 0.384. The number of halogens is 5. The number of hydrogen-bond acceptors (Lipinski definition) is 2. The maximum absolute atomic E-state index is 12.8. The van der Waals surface area contributed by atoms with Crippen molar-refractivity contribution in [3.05, 3.63) is 81.0 Å². The van der Waals surface area contributed by atoms with Crippen LogP contribution in [0.3, 0.4) is 0 Å². The van der Waals surface area contributed by atoms with Crippen LogP contribution in [0.5, 0.6) is 0 Å². The summed E-state index contributed by atoms with van der Waals surface area (Å²) in [6.07, 6.45) is -4.53. The van der Waals surface area contributed by atoms with Gasteiger partial charge in [-0.05, 0) is 37.3 Å². The van der Waals surface area contributed by atoms with E-state index in [0.717, 1.165) is 17.8 Å². The van der Waals surface area contributed by atoms with Gasteiger partial charge < -0.3 is 5.32 Å². The fraction of sp³-hybridized carbons (Fsp3) is 0.158. The van der Waals surface area contributed by atoms with Crippen LogP contribution in [0.15, 0.2) is 48.5 Å². The molecular weight excluding hydrogens is 414 g/mol. The molecule has 4 nitrogen and oxygen atoms in total. The highest BCUT2D eigenvalue weighted by Gasteiger charge is 2.31. The summed E-state index contributed by atoms with van der Waals surface area (Å²) in [5.74, 6) is -0.477. The second-order valence-corrected chi connectivity index (χ2v) is 6.88. The van der Waals surface area contributed by atoms with E-state index >= 15 is 0 Å². The van der Waals surface area contributed by atoms with Gasteiger partial charge in [0.25, 0.3) is 5.91 Å². The van der Waals surface area contributed by atoms with Gasteiger partial charge in [0.05, 0.1) is 12.1 Å². The molecule has 3 rings (SSSR count). The summed E-state index contributed by atoms with van der Waals surface area (Å²) in [6, 6.07) is 10.9. The Morgan fingerprint density at radius 3 is 2.39 bits per heavy atom. The minimum atomic E-state index is -4.53. The zero-order chi connectivity index (χ0) is 20.5.